The highest BCUT2D eigenvalue weighted by atomic mass is 19.1. The molecule has 1 aromatic heterocycles. The van der Waals surface area contributed by atoms with Gasteiger partial charge in [0.25, 0.3) is 0 Å². The quantitative estimate of drug-likeness (QED) is 0.629. The molecule has 84 valence electrons. The van der Waals surface area contributed by atoms with Crippen LogP contribution in [-0.2, 0) is 0 Å². The first kappa shape index (κ1) is 10.0. The van der Waals surface area contributed by atoms with Crippen molar-refractivity contribution in [2.75, 3.05) is 0 Å². The number of halogens is 1. The molecule has 0 unspecified atom stereocenters. The topological polar surface area (TPSA) is 26.0 Å². The number of fused-ring (bicyclic) bond motifs is 1. The van der Waals surface area contributed by atoms with Crippen molar-refractivity contribution in [2.24, 2.45) is 0 Å². The Bertz CT molecular complexity index is 688. The molecule has 17 heavy (non-hydrogen) atoms. The highest BCUT2D eigenvalue weighted by Crippen LogP contribution is 2.25. The average molecular weight is 227 g/mol. The minimum Gasteiger partial charge on any atom is -0.436 e. The number of benzene rings is 2. The van der Waals surface area contributed by atoms with Gasteiger partial charge in [0.05, 0.1) is 0 Å². The highest BCUT2D eigenvalue weighted by Gasteiger charge is 2.08. The maximum absolute atomic E-state index is 13.0. The fourth-order valence-corrected chi connectivity index (χ4v) is 1.80. The van der Waals surface area contributed by atoms with Crippen molar-refractivity contribution in [3.05, 3.63) is 53.8 Å². The number of hydrogen-bond acceptors (Lipinski definition) is 2. The molecule has 1 heterocycles. The standard InChI is InChI=1S/C14H10FNO/c1-9-3-2-4-10(7-9)14-16-12-8-11(15)5-6-13(12)17-14/h2-8H,1H3. The van der Waals surface area contributed by atoms with Gasteiger partial charge in [0, 0.05) is 11.6 Å². The van der Waals surface area contributed by atoms with E-state index in [0.29, 0.717) is 17.0 Å². The lowest BCUT2D eigenvalue weighted by Gasteiger charge is -1.95. The van der Waals surface area contributed by atoms with Gasteiger partial charge in [0.1, 0.15) is 11.3 Å². The van der Waals surface area contributed by atoms with E-state index in [9.17, 15) is 4.39 Å². The van der Waals surface area contributed by atoms with Crippen LogP contribution in [0.5, 0.6) is 0 Å². The summed E-state index contributed by atoms with van der Waals surface area (Å²) in [5.74, 6) is 0.218. The van der Waals surface area contributed by atoms with Gasteiger partial charge in [-0.25, -0.2) is 9.37 Å². The minimum atomic E-state index is -0.304. The normalized spacial score (nSPS) is 10.9. The number of rotatable bonds is 1. The van der Waals surface area contributed by atoms with Crippen molar-refractivity contribution < 1.29 is 8.81 Å². The summed E-state index contributed by atoms with van der Waals surface area (Å²) in [5, 5.41) is 0. The molecule has 0 aliphatic rings. The molecule has 0 amide bonds. The summed E-state index contributed by atoms with van der Waals surface area (Å²) >= 11 is 0. The second kappa shape index (κ2) is 3.70. The van der Waals surface area contributed by atoms with Crippen LogP contribution in [0.25, 0.3) is 22.6 Å². The Morgan fingerprint density at radius 1 is 1.12 bits per heavy atom. The number of oxazole rings is 1. The van der Waals surface area contributed by atoms with Crippen LogP contribution in [0, 0.1) is 12.7 Å². The van der Waals surface area contributed by atoms with Crippen molar-refractivity contribution in [2.45, 2.75) is 6.92 Å². The number of aryl methyl sites for hydroxylation is 1. The van der Waals surface area contributed by atoms with Crippen LogP contribution < -0.4 is 0 Å². The molecule has 0 N–H and O–H groups in total. The summed E-state index contributed by atoms with van der Waals surface area (Å²) in [4.78, 5) is 4.28. The van der Waals surface area contributed by atoms with Gasteiger partial charge in [-0.15, -0.1) is 0 Å². The molecule has 3 heteroatoms. The van der Waals surface area contributed by atoms with E-state index in [1.54, 1.807) is 6.07 Å². The lowest BCUT2D eigenvalue weighted by atomic mass is 10.1. The van der Waals surface area contributed by atoms with Gasteiger partial charge in [-0.1, -0.05) is 17.7 Å². The molecular formula is C14H10FNO. The number of hydrogen-bond donors (Lipinski definition) is 0. The van der Waals surface area contributed by atoms with Crippen molar-refractivity contribution in [3.63, 3.8) is 0 Å². The van der Waals surface area contributed by atoms with Crippen LogP contribution in [0.2, 0.25) is 0 Å². The van der Waals surface area contributed by atoms with Gasteiger partial charge in [-0.3, -0.25) is 0 Å². The fraction of sp³-hybridized carbons (Fsp3) is 0.0714. The van der Waals surface area contributed by atoms with E-state index in [1.165, 1.54) is 12.1 Å². The maximum Gasteiger partial charge on any atom is 0.227 e. The molecule has 3 aromatic rings. The van der Waals surface area contributed by atoms with Gasteiger partial charge in [-0.2, -0.15) is 0 Å². The van der Waals surface area contributed by atoms with E-state index in [0.717, 1.165) is 11.1 Å². The third-order valence-corrected chi connectivity index (χ3v) is 2.61. The van der Waals surface area contributed by atoms with Crippen LogP contribution in [-0.4, -0.2) is 4.98 Å². The zero-order chi connectivity index (χ0) is 11.8. The first-order chi connectivity index (χ1) is 8.22. The predicted octanol–water partition coefficient (Wildman–Crippen LogP) is 3.94. The van der Waals surface area contributed by atoms with Crippen molar-refractivity contribution >= 4 is 11.1 Å². The summed E-state index contributed by atoms with van der Waals surface area (Å²) in [6, 6.07) is 12.2. The van der Waals surface area contributed by atoms with Crippen LogP contribution in [0.3, 0.4) is 0 Å². The molecule has 2 nitrogen and oxygen atoms in total. The van der Waals surface area contributed by atoms with E-state index in [-0.39, 0.29) is 5.82 Å². The summed E-state index contributed by atoms with van der Waals surface area (Å²) in [7, 11) is 0. The molecule has 0 bridgehead atoms. The Morgan fingerprint density at radius 3 is 2.82 bits per heavy atom. The Morgan fingerprint density at radius 2 is 2.00 bits per heavy atom. The Hall–Kier alpha value is -2.16. The van der Waals surface area contributed by atoms with Crippen LogP contribution in [0.4, 0.5) is 4.39 Å². The fourth-order valence-electron chi connectivity index (χ4n) is 1.80. The summed E-state index contributed by atoms with van der Waals surface area (Å²) < 4.78 is 18.6. The Balaban J connectivity index is 2.18. The molecule has 0 spiro atoms. The molecule has 3 rings (SSSR count). The Labute approximate surface area is 97.7 Å². The van der Waals surface area contributed by atoms with Gasteiger partial charge >= 0.3 is 0 Å². The first-order valence-electron chi connectivity index (χ1n) is 5.35. The average Bonchev–Trinajstić information content (AvgIpc) is 2.72. The zero-order valence-corrected chi connectivity index (χ0v) is 9.27. The molecule has 0 fully saturated rings. The second-order valence-corrected chi connectivity index (χ2v) is 4.00. The highest BCUT2D eigenvalue weighted by molar-refractivity contribution is 5.76. The lowest BCUT2D eigenvalue weighted by Crippen LogP contribution is -1.78. The Kier molecular flexibility index (Phi) is 2.18. The third-order valence-electron chi connectivity index (χ3n) is 2.61. The van der Waals surface area contributed by atoms with Gasteiger partial charge in [-0.05, 0) is 31.2 Å². The summed E-state index contributed by atoms with van der Waals surface area (Å²) in [6.07, 6.45) is 0. The smallest absolute Gasteiger partial charge is 0.227 e. The van der Waals surface area contributed by atoms with Crippen LogP contribution >= 0.6 is 0 Å². The summed E-state index contributed by atoms with van der Waals surface area (Å²) in [5.41, 5.74) is 3.18. The molecule has 2 aromatic carbocycles. The van der Waals surface area contributed by atoms with Crippen molar-refractivity contribution in [1.82, 2.24) is 4.98 Å². The summed E-state index contributed by atoms with van der Waals surface area (Å²) in [6.45, 7) is 2.01. The monoisotopic (exact) mass is 227 g/mol. The van der Waals surface area contributed by atoms with Gasteiger partial charge in [0.2, 0.25) is 5.89 Å². The molecule has 0 saturated heterocycles. The van der Waals surface area contributed by atoms with Crippen molar-refractivity contribution in [3.8, 4) is 11.5 Å². The molecule has 0 aliphatic carbocycles. The zero-order valence-electron chi connectivity index (χ0n) is 9.27. The van der Waals surface area contributed by atoms with Gasteiger partial charge in [0.15, 0.2) is 5.58 Å². The number of aromatic nitrogens is 1. The van der Waals surface area contributed by atoms with E-state index in [1.807, 2.05) is 31.2 Å². The first-order valence-corrected chi connectivity index (χ1v) is 5.35. The second-order valence-electron chi connectivity index (χ2n) is 4.00. The molecule has 0 saturated carbocycles. The molecular weight excluding hydrogens is 217 g/mol. The number of nitrogens with zero attached hydrogens (tertiary/aromatic N) is 1. The van der Waals surface area contributed by atoms with Crippen LogP contribution in [0.1, 0.15) is 5.56 Å². The molecule has 0 aliphatic heterocycles. The third kappa shape index (κ3) is 1.80. The van der Waals surface area contributed by atoms with Crippen LogP contribution in [0.15, 0.2) is 46.9 Å². The largest absolute Gasteiger partial charge is 0.436 e. The molecule has 0 radical (unpaired) electrons. The minimum absolute atomic E-state index is 0.304. The van der Waals surface area contributed by atoms with E-state index in [2.05, 4.69) is 4.98 Å². The predicted molar refractivity (Wildman–Crippen MR) is 64.1 cm³/mol. The van der Waals surface area contributed by atoms with E-state index < -0.39 is 0 Å². The van der Waals surface area contributed by atoms with Crippen molar-refractivity contribution in [1.29, 1.82) is 0 Å². The lowest BCUT2D eigenvalue weighted by molar-refractivity contribution is 0.614. The van der Waals surface area contributed by atoms with E-state index in [4.69, 9.17) is 4.42 Å². The van der Waals surface area contributed by atoms with Gasteiger partial charge < -0.3 is 4.42 Å². The maximum atomic E-state index is 13.0. The molecule has 0 atom stereocenters. The SMILES string of the molecule is Cc1cccc(-c2nc3cc(F)ccc3o2)c1. The van der Waals surface area contributed by atoms with E-state index >= 15 is 0 Å².